The Morgan fingerprint density at radius 1 is 1.41 bits per heavy atom. The average molecular weight is 352 g/mol. The summed E-state index contributed by atoms with van der Waals surface area (Å²) in [7, 11) is 0. The molecular formula is C10H13IN2O4. The van der Waals surface area contributed by atoms with Crippen LogP contribution in [0.3, 0.4) is 0 Å². The number of halogens is 1. The SMILES string of the molecule is O=c1[nH]c(=O)n([C@@H]2C[C@H](CO)C2CO)cc1I. The van der Waals surface area contributed by atoms with E-state index in [-0.39, 0.29) is 31.1 Å². The smallest absolute Gasteiger partial charge is 0.328 e. The minimum atomic E-state index is -0.463. The van der Waals surface area contributed by atoms with Crippen LogP contribution in [0.5, 0.6) is 0 Å². The van der Waals surface area contributed by atoms with Crippen LogP contribution >= 0.6 is 22.6 Å². The van der Waals surface area contributed by atoms with Crippen LogP contribution < -0.4 is 11.2 Å². The molecule has 94 valence electrons. The van der Waals surface area contributed by atoms with E-state index in [0.29, 0.717) is 9.99 Å². The van der Waals surface area contributed by atoms with Crippen LogP contribution in [0, 0.1) is 15.4 Å². The van der Waals surface area contributed by atoms with Crippen molar-refractivity contribution in [3.8, 4) is 0 Å². The van der Waals surface area contributed by atoms with Crippen LogP contribution in [0.2, 0.25) is 0 Å². The number of aromatic nitrogens is 2. The van der Waals surface area contributed by atoms with Gasteiger partial charge in [-0.2, -0.15) is 0 Å². The number of rotatable bonds is 3. The minimum absolute atomic E-state index is 0.0108. The third kappa shape index (κ3) is 2.18. The molecule has 1 aliphatic carbocycles. The van der Waals surface area contributed by atoms with E-state index in [1.54, 1.807) is 0 Å². The summed E-state index contributed by atoms with van der Waals surface area (Å²) in [5.41, 5.74) is -0.860. The first kappa shape index (κ1) is 12.8. The highest BCUT2D eigenvalue weighted by atomic mass is 127. The fourth-order valence-corrected chi connectivity index (χ4v) is 2.72. The van der Waals surface area contributed by atoms with Gasteiger partial charge in [0.2, 0.25) is 0 Å². The van der Waals surface area contributed by atoms with E-state index in [4.69, 9.17) is 5.11 Å². The van der Waals surface area contributed by atoms with E-state index >= 15 is 0 Å². The summed E-state index contributed by atoms with van der Waals surface area (Å²) in [6, 6.07) is -0.144. The molecule has 1 aromatic rings. The average Bonchev–Trinajstić information content (AvgIpc) is 2.25. The molecule has 0 aliphatic heterocycles. The van der Waals surface area contributed by atoms with Crippen molar-refractivity contribution in [2.45, 2.75) is 12.5 Å². The Labute approximate surface area is 110 Å². The molecule has 0 saturated heterocycles. The van der Waals surface area contributed by atoms with E-state index in [1.807, 2.05) is 22.6 Å². The lowest BCUT2D eigenvalue weighted by atomic mass is 9.70. The number of aliphatic hydroxyl groups is 2. The first-order valence-electron chi connectivity index (χ1n) is 5.31. The topological polar surface area (TPSA) is 95.3 Å². The third-order valence-electron chi connectivity index (χ3n) is 3.37. The van der Waals surface area contributed by atoms with E-state index < -0.39 is 11.2 Å². The maximum absolute atomic E-state index is 11.6. The van der Waals surface area contributed by atoms with Gasteiger partial charge < -0.3 is 10.2 Å². The standard InChI is InChI=1S/C10H13IN2O4/c11-7-2-13(10(17)12-9(7)16)8-1-5(3-14)6(8)4-15/h2,5-6,8,14-15H,1,3-4H2,(H,12,16,17)/t5-,6?,8-/m1/s1. The van der Waals surface area contributed by atoms with E-state index in [0.717, 1.165) is 0 Å². The molecule has 1 heterocycles. The van der Waals surface area contributed by atoms with Crippen molar-refractivity contribution >= 4 is 22.6 Å². The zero-order chi connectivity index (χ0) is 12.6. The van der Waals surface area contributed by atoms with Gasteiger partial charge in [-0.3, -0.25) is 14.3 Å². The predicted molar refractivity (Wildman–Crippen MR) is 68.8 cm³/mol. The summed E-state index contributed by atoms with van der Waals surface area (Å²) in [4.78, 5) is 25.1. The molecule has 7 heteroatoms. The van der Waals surface area contributed by atoms with Crippen molar-refractivity contribution < 1.29 is 10.2 Å². The Bertz CT molecular complexity index is 524. The molecule has 0 bridgehead atoms. The molecule has 0 aromatic carbocycles. The van der Waals surface area contributed by atoms with E-state index in [1.165, 1.54) is 10.8 Å². The fourth-order valence-electron chi connectivity index (χ4n) is 2.29. The first-order chi connectivity index (χ1) is 8.08. The second-order valence-corrected chi connectivity index (χ2v) is 5.40. The summed E-state index contributed by atoms with van der Waals surface area (Å²) in [6.07, 6.45) is 2.15. The number of aliphatic hydroxyl groups excluding tert-OH is 2. The number of nitrogens with one attached hydrogen (secondary N) is 1. The Hall–Kier alpha value is -0.670. The van der Waals surface area contributed by atoms with Gasteiger partial charge in [0, 0.05) is 31.4 Å². The van der Waals surface area contributed by atoms with Gasteiger partial charge in [0.15, 0.2) is 0 Å². The number of aromatic amines is 1. The summed E-state index contributed by atoms with van der Waals surface area (Å²) >= 11 is 1.86. The quantitative estimate of drug-likeness (QED) is 0.628. The molecule has 1 unspecified atom stereocenters. The molecule has 17 heavy (non-hydrogen) atoms. The van der Waals surface area contributed by atoms with E-state index in [2.05, 4.69) is 4.98 Å². The monoisotopic (exact) mass is 352 g/mol. The molecule has 3 N–H and O–H groups in total. The molecule has 1 saturated carbocycles. The van der Waals surface area contributed by atoms with Gasteiger partial charge in [-0.15, -0.1) is 0 Å². The lowest BCUT2D eigenvalue weighted by Gasteiger charge is -2.43. The molecule has 1 fully saturated rings. The Morgan fingerprint density at radius 2 is 2.12 bits per heavy atom. The lowest BCUT2D eigenvalue weighted by Crippen LogP contribution is -2.47. The van der Waals surface area contributed by atoms with Gasteiger partial charge in [-0.05, 0) is 34.9 Å². The van der Waals surface area contributed by atoms with Crippen LogP contribution in [0.1, 0.15) is 12.5 Å². The van der Waals surface area contributed by atoms with Gasteiger partial charge in [-0.25, -0.2) is 4.79 Å². The third-order valence-corrected chi connectivity index (χ3v) is 4.14. The highest BCUT2D eigenvalue weighted by Gasteiger charge is 2.41. The van der Waals surface area contributed by atoms with Crippen LogP contribution in [-0.4, -0.2) is 33.0 Å². The second-order valence-electron chi connectivity index (χ2n) is 4.24. The molecule has 0 amide bonds. The highest BCUT2D eigenvalue weighted by Crippen LogP contribution is 2.42. The van der Waals surface area contributed by atoms with E-state index in [9.17, 15) is 14.7 Å². The summed E-state index contributed by atoms with van der Waals surface area (Å²) < 4.78 is 1.88. The summed E-state index contributed by atoms with van der Waals surface area (Å²) in [5, 5.41) is 18.3. The van der Waals surface area contributed by atoms with Crippen molar-refractivity contribution in [2.24, 2.45) is 11.8 Å². The zero-order valence-electron chi connectivity index (χ0n) is 8.97. The Kier molecular flexibility index (Phi) is 3.69. The molecule has 0 spiro atoms. The fraction of sp³-hybridized carbons (Fsp3) is 0.600. The van der Waals surface area contributed by atoms with Crippen molar-refractivity contribution in [2.75, 3.05) is 13.2 Å². The van der Waals surface area contributed by atoms with Crippen LogP contribution in [0.4, 0.5) is 0 Å². The van der Waals surface area contributed by atoms with Crippen LogP contribution in [0.25, 0.3) is 0 Å². The van der Waals surface area contributed by atoms with Crippen molar-refractivity contribution in [1.82, 2.24) is 9.55 Å². The number of H-pyrrole nitrogens is 1. The van der Waals surface area contributed by atoms with Gasteiger partial charge in [-0.1, -0.05) is 0 Å². The van der Waals surface area contributed by atoms with Crippen molar-refractivity contribution in [1.29, 1.82) is 0 Å². The second kappa shape index (κ2) is 4.91. The minimum Gasteiger partial charge on any atom is -0.396 e. The molecule has 0 radical (unpaired) electrons. The Morgan fingerprint density at radius 3 is 2.71 bits per heavy atom. The maximum Gasteiger partial charge on any atom is 0.328 e. The molecule has 2 rings (SSSR count). The van der Waals surface area contributed by atoms with Gasteiger partial charge in [0.25, 0.3) is 5.56 Å². The summed E-state index contributed by atoms with van der Waals surface area (Å²) in [6.45, 7) is -0.0606. The maximum atomic E-state index is 11.6. The molecule has 1 aromatic heterocycles. The van der Waals surface area contributed by atoms with Crippen molar-refractivity contribution in [3.05, 3.63) is 30.6 Å². The molecular weight excluding hydrogens is 339 g/mol. The largest absolute Gasteiger partial charge is 0.396 e. The van der Waals surface area contributed by atoms with Crippen molar-refractivity contribution in [3.63, 3.8) is 0 Å². The normalized spacial score (nSPS) is 27.8. The number of nitrogens with zero attached hydrogens (tertiary/aromatic N) is 1. The molecule has 6 nitrogen and oxygen atoms in total. The zero-order valence-corrected chi connectivity index (χ0v) is 11.1. The number of hydrogen-bond acceptors (Lipinski definition) is 4. The van der Waals surface area contributed by atoms with Gasteiger partial charge in [0.05, 0.1) is 3.57 Å². The predicted octanol–water partition coefficient (Wildman–Crippen LogP) is -0.697. The number of hydrogen-bond donors (Lipinski definition) is 3. The van der Waals surface area contributed by atoms with Gasteiger partial charge >= 0.3 is 5.69 Å². The molecule has 1 aliphatic rings. The first-order valence-corrected chi connectivity index (χ1v) is 6.39. The Balaban J connectivity index is 2.33. The van der Waals surface area contributed by atoms with Crippen LogP contribution in [0.15, 0.2) is 15.8 Å². The summed E-state index contributed by atoms with van der Waals surface area (Å²) in [5.74, 6) is -0.0964. The van der Waals surface area contributed by atoms with Crippen LogP contribution in [-0.2, 0) is 0 Å². The lowest BCUT2D eigenvalue weighted by molar-refractivity contribution is -0.00883. The molecule has 3 atom stereocenters. The van der Waals surface area contributed by atoms with Gasteiger partial charge in [0.1, 0.15) is 0 Å². The highest BCUT2D eigenvalue weighted by molar-refractivity contribution is 14.1.